The monoisotopic (exact) mass is 546 g/mol. The van der Waals surface area contributed by atoms with Crippen LogP contribution in [0.4, 0.5) is 24.8 Å². The molecule has 0 amide bonds. The first-order valence-corrected chi connectivity index (χ1v) is 12.2. The standard InChI is InChI=1S/C14H14FN5.C13H11F2N5/c1-19(2)14-13-12(7-8-16-14)20(18-17-13)9-10-5-3-4-6-11(10)15;1-16-13-12-11(5-6-17-13)20(19-18-12)7-8-9(14)3-2-4-10(8)15/h3-8H,9H2,1-2H3;2-6H,7H2,1H3,(H,16,17). The van der Waals surface area contributed by atoms with Gasteiger partial charge in [0.15, 0.2) is 22.7 Å². The second-order valence-electron chi connectivity index (χ2n) is 8.96. The van der Waals surface area contributed by atoms with E-state index in [4.69, 9.17) is 0 Å². The van der Waals surface area contributed by atoms with Crippen LogP contribution in [0.25, 0.3) is 22.1 Å². The molecule has 0 atom stereocenters. The van der Waals surface area contributed by atoms with Crippen molar-refractivity contribution in [3.05, 3.63) is 95.6 Å². The first-order valence-electron chi connectivity index (χ1n) is 12.2. The van der Waals surface area contributed by atoms with Crippen LogP contribution in [0, 0.1) is 17.5 Å². The highest BCUT2D eigenvalue weighted by molar-refractivity contribution is 5.85. The fraction of sp³-hybridized carbons (Fsp3) is 0.185. The number of benzene rings is 2. The Kier molecular flexibility index (Phi) is 7.53. The number of hydrogen-bond donors (Lipinski definition) is 1. The predicted octanol–water partition coefficient (Wildman–Crippen LogP) is 4.27. The number of pyridine rings is 2. The van der Waals surface area contributed by atoms with E-state index in [1.165, 1.54) is 28.9 Å². The van der Waals surface area contributed by atoms with Gasteiger partial charge in [0.2, 0.25) is 0 Å². The normalized spacial score (nSPS) is 10.9. The van der Waals surface area contributed by atoms with Crippen LogP contribution < -0.4 is 10.2 Å². The highest BCUT2D eigenvalue weighted by atomic mass is 19.1. The van der Waals surface area contributed by atoms with Crippen molar-refractivity contribution in [2.24, 2.45) is 0 Å². The molecule has 204 valence electrons. The lowest BCUT2D eigenvalue weighted by atomic mass is 10.2. The molecule has 0 bridgehead atoms. The van der Waals surface area contributed by atoms with Gasteiger partial charge in [0.05, 0.1) is 24.1 Å². The molecule has 0 spiro atoms. The van der Waals surface area contributed by atoms with Crippen molar-refractivity contribution < 1.29 is 13.2 Å². The van der Waals surface area contributed by atoms with E-state index in [2.05, 4.69) is 35.9 Å². The Balaban J connectivity index is 0.000000161. The second-order valence-corrected chi connectivity index (χ2v) is 8.96. The molecule has 0 aliphatic heterocycles. The molecular weight excluding hydrogens is 521 g/mol. The van der Waals surface area contributed by atoms with Gasteiger partial charge in [-0.2, -0.15) is 0 Å². The molecule has 6 rings (SSSR count). The average molecular weight is 547 g/mol. The molecule has 10 nitrogen and oxygen atoms in total. The van der Waals surface area contributed by atoms with E-state index in [1.807, 2.05) is 31.1 Å². The summed E-state index contributed by atoms with van der Waals surface area (Å²) in [5, 5.41) is 19.1. The van der Waals surface area contributed by atoms with Gasteiger partial charge in [-0.05, 0) is 30.3 Å². The van der Waals surface area contributed by atoms with E-state index in [-0.39, 0.29) is 17.9 Å². The number of anilines is 2. The highest BCUT2D eigenvalue weighted by Crippen LogP contribution is 2.22. The molecular formula is C27H25F3N10. The van der Waals surface area contributed by atoms with Gasteiger partial charge in [0.25, 0.3) is 0 Å². The minimum Gasteiger partial charge on any atom is -0.371 e. The van der Waals surface area contributed by atoms with E-state index in [9.17, 15) is 13.2 Å². The molecule has 0 aliphatic carbocycles. The number of hydrogen-bond acceptors (Lipinski definition) is 8. The van der Waals surface area contributed by atoms with Crippen molar-refractivity contribution >= 4 is 33.7 Å². The topological polar surface area (TPSA) is 102 Å². The lowest BCUT2D eigenvalue weighted by Gasteiger charge is -2.10. The van der Waals surface area contributed by atoms with Crippen LogP contribution >= 0.6 is 0 Å². The Morgan fingerprint density at radius 1 is 0.725 bits per heavy atom. The Bertz CT molecular complexity index is 1760. The maximum Gasteiger partial charge on any atom is 0.158 e. The fourth-order valence-electron chi connectivity index (χ4n) is 4.15. The number of nitrogens with one attached hydrogen (secondary N) is 1. The first kappa shape index (κ1) is 26.5. The molecule has 0 saturated heterocycles. The summed E-state index contributed by atoms with van der Waals surface area (Å²) in [4.78, 5) is 10.3. The smallest absolute Gasteiger partial charge is 0.158 e. The van der Waals surface area contributed by atoms with Crippen LogP contribution in [0.3, 0.4) is 0 Å². The van der Waals surface area contributed by atoms with Crippen molar-refractivity contribution in [3.63, 3.8) is 0 Å². The van der Waals surface area contributed by atoms with Crippen molar-refractivity contribution in [3.8, 4) is 0 Å². The van der Waals surface area contributed by atoms with Crippen molar-refractivity contribution in [1.29, 1.82) is 0 Å². The zero-order valence-electron chi connectivity index (χ0n) is 21.9. The third-order valence-corrected chi connectivity index (χ3v) is 6.16. The van der Waals surface area contributed by atoms with Gasteiger partial charge in [0.1, 0.15) is 17.5 Å². The van der Waals surface area contributed by atoms with Crippen molar-refractivity contribution in [2.75, 3.05) is 31.4 Å². The summed E-state index contributed by atoms with van der Waals surface area (Å²) < 4.78 is 44.2. The largest absolute Gasteiger partial charge is 0.371 e. The number of rotatable bonds is 6. The zero-order valence-corrected chi connectivity index (χ0v) is 21.9. The van der Waals surface area contributed by atoms with E-state index in [1.54, 1.807) is 42.3 Å². The number of fused-ring (bicyclic) bond motifs is 2. The molecule has 0 aliphatic rings. The lowest BCUT2D eigenvalue weighted by molar-refractivity contribution is 0.532. The van der Waals surface area contributed by atoms with Crippen LogP contribution in [0.1, 0.15) is 11.1 Å². The summed E-state index contributed by atoms with van der Waals surface area (Å²) in [5.41, 5.74) is 3.32. The van der Waals surface area contributed by atoms with Crippen LogP contribution in [0.5, 0.6) is 0 Å². The number of aromatic nitrogens is 8. The fourth-order valence-corrected chi connectivity index (χ4v) is 4.15. The Hall–Kier alpha value is -5.07. The Morgan fingerprint density at radius 3 is 2.00 bits per heavy atom. The number of halogens is 3. The van der Waals surface area contributed by atoms with E-state index >= 15 is 0 Å². The maximum absolute atomic E-state index is 13.7. The molecule has 40 heavy (non-hydrogen) atoms. The summed E-state index contributed by atoms with van der Waals surface area (Å²) in [6.45, 7) is 0.322. The van der Waals surface area contributed by atoms with Gasteiger partial charge in [-0.15, -0.1) is 10.2 Å². The van der Waals surface area contributed by atoms with E-state index in [0.717, 1.165) is 11.3 Å². The van der Waals surface area contributed by atoms with Crippen LogP contribution in [-0.4, -0.2) is 61.1 Å². The van der Waals surface area contributed by atoms with Crippen LogP contribution in [-0.2, 0) is 13.1 Å². The highest BCUT2D eigenvalue weighted by Gasteiger charge is 2.15. The van der Waals surface area contributed by atoms with E-state index < -0.39 is 11.6 Å². The second kappa shape index (κ2) is 11.4. The SMILES string of the molecule is CN(C)c1nccc2c1nnn2Cc1ccccc1F.CNc1nccc2c1nnn2Cc1c(F)cccc1F. The Morgan fingerprint density at radius 2 is 1.32 bits per heavy atom. The summed E-state index contributed by atoms with van der Waals surface area (Å²) in [6.07, 6.45) is 3.30. The summed E-state index contributed by atoms with van der Waals surface area (Å²) in [5.74, 6) is -0.115. The van der Waals surface area contributed by atoms with Crippen LogP contribution in [0.15, 0.2) is 67.0 Å². The maximum atomic E-state index is 13.7. The summed E-state index contributed by atoms with van der Waals surface area (Å²) in [7, 11) is 5.52. The molecule has 1 N–H and O–H groups in total. The van der Waals surface area contributed by atoms with Crippen molar-refractivity contribution in [1.82, 2.24) is 40.0 Å². The van der Waals surface area contributed by atoms with Crippen molar-refractivity contribution in [2.45, 2.75) is 13.1 Å². The zero-order chi connectivity index (χ0) is 28.2. The average Bonchev–Trinajstić information content (AvgIpc) is 3.56. The third-order valence-electron chi connectivity index (χ3n) is 6.16. The minimum absolute atomic E-state index is 0.0256. The predicted molar refractivity (Wildman–Crippen MR) is 145 cm³/mol. The third kappa shape index (κ3) is 5.25. The van der Waals surface area contributed by atoms with Gasteiger partial charge < -0.3 is 10.2 Å². The molecule has 0 radical (unpaired) electrons. The number of nitrogens with zero attached hydrogens (tertiary/aromatic N) is 9. The summed E-state index contributed by atoms with van der Waals surface area (Å²) in [6, 6.07) is 14.0. The molecule has 13 heteroatoms. The molecule has 0 fully saturated rings. The molecule has 4 heterocycles. The molecule has 6 aromatic rings. The van der Waals surface area contributed by atoms with Gasteiger partial charge in [-0.1, -0.05) is 34.7 Å². The van der Waals surface area contributed by atoms with E-state index in [0.29, 0.717) is 34.5 Å². The Labute approximate surface area is 227 Å². The molecule has 4 aromatic heterocycles. The van der Waals surface area contributed by atoms with Crippen LogP contribution in [0.2, 0.25) is 0 Å². The summed E-state index contributed by atoms with van der Waals surface area (Å²) >= 11 is 0. The van der Waals surface area contributed by atoms with Gasteiger partial charge in [-0.25, -0.2) is 32.5 Å². The quantitative estimate of drug-likeness (QED) is 0.331. The molecule has 0 saturated carbocycles. The van der Waals surface area contributed by atoms with Gasteiger partial charge in [-0.3, -0.25) is 0 Å². The van der Waals surface area contributed by atoms with Gasteiger partial charge in [0, 0.05) is 44.7 Å². The molecule has 0 unspecified atom stereocenters. The molecule has 2 aromatic carbocycles. The first-order chi connectivity index (χ1) is 19.4. The minimum atomic E-state index is -0.600. The lowest BCUT2D eigenvalue weighted by Crippen LogP contribution is -2.11. The van der Waals surface area contributed by atoms with Gasteiger partial charge >= 0.3 is 0 Å².